The Bertz CT molecular complexity index is 331. The normalized spacial score (nSPS) is 16.0. The van der Waals surface area contributed by atoms with Crippen LogP contribution >= 0.6 is 12.4 Å². The van der Waals surface area contributed by atoms with Crippen LogP contribution in [0.4, 0.5) is 0 Å². The molecule has 1 aliphatic heterocycles. The standard InChI is InChI=1S/C13H15N.ClH/c1-2-4-12(5-3-1)6-7-13-8-10-14-11-9-13;/h1-5,13-14H,8-11H2;1H. The van der Waals surface area contributed by atoms with E-state index in [4.69, 9.17) is 0 Å². The van der Waals surface area contributed by atoms with Gasteiger partial charge in [0.2, 0.25) is 0 Å². The molecule has 0 spiro atoms. The number of halogens is 1. The maximum atomic E-state index is 3.35. The van der Waals surface area contributed by atoms with Crippen molar-refractivity contribution in [1.29, 1.82) is 0 Å². The van der Waals surface area contributed by atoms with E-state index in [2.05, 4.69) is 29.3 Å². The third-order valence-electron chi connectivity index (χ3n) is 2.53. The van der Waals surface area contributed by atoms with Crippen LogP contribution in [0.15, 0.2) is 30.3 Å². The van der Waals surface area contributed by atoms with Crippen LogP contribution in [0.25, 0.3) is 0 Å². The van der Waals surface area contributed by atoms with Gasteiger partial charge in [0, 0.05) is 11.5 Å². The summed E-state index contributed by atoms with van der Waals surface area (Å²) in [5.41, 5.74) is 1.13. The summed E-state index contributed by atoms with van der Waals surface area (Å²) in [6.45, 7) is 2.24. The van der Waals surface area contributed by atoms with E-state index in [-0.39, 0.29) is 12.4 Å². The van der Waals surface area contributed by atoms with Gasteiger partial charge < -0.3 is 5.32 Å². The Balaban J connectivity index is 0.00000112. The lowest BCUT2D eigenvalue weighted by atomic mass is 9.98. The zero-order chi connectivity index (χ0) is 9.64. The topological polar surface area (TPSA) is 12.0 Å². The fourth-order valence-corrected chi connectivity index (χ4v) is 1.67. The lowest BCUT2D eigenvalue weighted by Crippen LogP contribution is -2.26. The molecule has 1 nitrogen and oxygen atoms in total. The van der Waals surface area contributed by atoms with Crippen molar-refractivity contribution in [3.05, 3.63) is 35.9 Å². The third-order valence-corrected chi connectivity index (χ3v) is 2.53. The summed E-state index contributed by atoms with van der Waals surface area (Å²) in [5, 5.41) is 3.35. The summed E-state index contributed by atoms with van der Waals surface area (Å²) < 4.78 is 0. The molecule has 1 fully saturated rings. The van der Waals surface area contributed by atoms with Crippen molar-refractivity contribution in [2.75, 3.05) is 13.1 Å². The summed E-state index contributed by atoms with van der Waals surface area (Å²) in [7, 11) is 0. The number of piperidine rings is 1. The molecular formula is C13H16ClN. The van der Waals surface area contributed by atoms with Crippen LogP contribution in [-0.4, -0.2) is 13.1 Å². The maximum absolute atomic E-state index is 3.35. The molecule has 0 radical (unpaired) electrons. The van der Waals surface area contributed by atoms with Crippen LogP contribution in [0.3, 0.4) is 0 Å². The SMILES string of the molecule is C(#CC1CCNCC1)c1ccccc1.Cl. The fourth-order valence-electron chi connectivity index (χ4n) is 1.67. The van der Waals surface area contributed by atoms with E-state index >= 15 is 0 Å². The first kappa shape index (κ1) is 12.1. The minimum absolute atomic E-state index is 0. The molecule has 1 heterocycles. The Kier molecular flexibility index (Phi) is 5.25. The molecule has 1 aromatic carbocycles. The molecule has 0 saturated carbocycles. The highest BCUT2D eigenvalue weighted by molar-refractivity contribution is 5.85. The number of nitrogens with one attached hydrogen (secondary N) is 1. The molecule has 80 valence electrons. The van der Waals surface area contributed by atoms with E-state index < -0.39 is 0 Å². The van der Waals surface area contributed by atoms with Crippen molar-refractivity contribution in [3.63, 3.8) is 0 Å². The smallest absolute Gasteiger partial charge is 0.0245 e. The number of hydrogen-bond donors (Lipinski definition) is 1. The molecule has 15 heavy (non-hydrogen) atoms. The Hall–Kier alpha value is -0.970. The minimum atomic E-state index is 0. The second-order valence-electron chi connectivity index (χ2n) is 3.66. The van der Waals surface area contributed by atoms with Gasteiger partial charge in [-0.1, -0.05) is 30.0 Å². The molecule has 2 heteroatoms. The summed E-state index contributed by atoms with van der Waals surface area (Å²) in [4.78, 5) is 0. The molecule has 0 aliphatic carbocycles. The van der Waals surface area contributed by atoms with Gasteiger partial charge in [-0.25, -0.2) is 0 Å². The van der Waals surface area contributed by atoms with Crippen LogP contribution in [0.5, 0.6) is 0 Å². The van der Waals surface area contributed by atoms with Crippen LogP contribution in [0.1, 0.15) is 18.4 Å². The van der Waals surface area contributed by atoms with Crippen molar-refractivity contribution in [2.24, 2.45) is 5.92 Å². The molecule has 1 aromatic rings. The maximum Gasteiger partial charge on any atom is 0.0245 e. The Labute approximate surface area is 97.7 Å². The van der Waals surface area contributed by atoms with Gasteiger partial charge in [-0.2, -0.15) is 0 Å². The van der Waals surface area contributed by atoms with E-state index in [9.17, 15) is 0 Å². The largest absolute Gasteiger partial charge is 0.317 e. The van der Waals surface area contributed by atoms with Crippen LogP contribution in [0.2, 0.25) is 0 Å². The van der Waals surface area contributed by atoms with Gasteiger partial charge in [-0.05, 0) is 38.1 Å². The van der Waals surface area contributed by atoms with Crippen molar-refractivity contribution in [3.8, 4) is 11.8 Å². The number of benzene rings is 1. The van der Waals surface area contributed by atoms with Gasteiger partial charge in [-0.3, -0.25) is 0 Å². The summed E-state index contributed by atoms with van der Waals surface area (Å²) >= 11 is 0. The molecule has 0 amide bonds. The monoisotopic (exact) mass is 221 g/mol. The molecule has 0 unspecified atom stereocenters. The van der Waals surface area contributed by atoms with E-state index in [0.717, 1.165) is 18.7 Å². The van der Waals surface area contributed by atoms with Crippen molar-refractivity contribution >= 4 is 12.4 Å². The molecule has 1 saturated heterocycles. The fraction of sp³-hybridized carbons (Fsp3) is 0.385. The van der Waals surface area contributed by atoms with Crippen LogP contribution in [-0.2, 0) is 0 Å². The van der Waals surface area contributed by atoms with E-state index in [1.165, 1.54) is 12.8 Å². The lowest BCUT2D eigenvalue weighted by Gasteiger charge is -2.17. The Morgan fingerprint density at radius 2 is 1.73 bits per heavy atom. The molecular weight excluding hydrogens is 206 g/mol. The zero-order valence-electron chi connectivity index (χ0n) is 8.70. The van der Waals surface area contributed by atoms with Gasteiger partial charge in [-0.15, -0.1) is 12.4 Å². The highest BCUT2D eigenvalue weighted by Crippen LogP contribution is 2.10. The van der Waals surface area contributed by atoms with Crippen molar-refractivity contribution < 1.29 is 0 Å². The van der Waals surface area contributed by atoms with Crippen molar-refractivity contribution in [1.82, 2.24) is 5.32 Å². The quantitative estimate of drug-likeness (QED) is 0.664. The molecule has 0 bridgehead atoms. The molecule has 1 aliphatic rings. The van der Waals surface area contributed by atoms with Gasteiger partial charge in [0.15, 0.2) is 0 Å². The average Bonchev–Trinajstić information content (AvgIpc) is 2.29. The highest BCUT2D eigenvalue weighted by atomic mass is 35.5. The summed E-state index contributed by atoms with van der Waals surface area (Å²) in [5.74, 6) is 7.18. The molecule has 0 aromatic heterocycles. The van der Waals surface area contributed by atoms with E-state index in [0.29, 0.717) is 5.92 Å². The molecule has 0 atom stereocenters. The summed E-state index contributed by atoms with van der Waals surface area (Å²) in [6, 6.07) is 10.2. The number of rotatable bonds is 0. The Morgan fingerprint density at radius 3 is 2.40 bits per heavy atom. The first-order valence-electron chi connectivity index (χ1n) is 5.22. The van der Waals surface area contributed by atoms with Gasteiger partial charge >= 0.3 is 0 Å². The highest BCUT2D eigenvalue weighted by Gasteiger charge is 2.08. The summed E-state index contributed by atoms with van der Waals surface area (Å²) in [6.07, 6.45) is 2.39. The average molecular weight is 222 g/mol. The second-order valence-corrected chi connectivity index (χ2v) is 3.66. The predicted molar refractivity (Wildman–Crippen MR) is 66.2 cm³/mol. The second kappa shape index (κ2) is 6.50. The lowest BCUT2D eigenvalue weighted by molar-refractivity contribution is 0.447. The number of hydrogen-bond acceptors (Lipinski definition) is 1. The van der Waals surface area contributed by atoms with Crippen LogP contribution < -0.4 is 5.32 Å². The molecule has 1 N–H and O–H groups in total. The third kappa shape index (κ3) is 3.95. The predicted octanol–water partition coefficient (Wildman–Crippen LogP) is 2.46. The zero-order valence-corrected chi connectivity index (χ0v) is 9.52. The van der Waals surface area contributed by atoms with Crippen molar-refractivity contribution in [2.45, 2.75) is 12.8 Å². The van der Waals surface area contributed by atoms with Crippen LogP contribution in [0, 0.1) is 17.8 Å². The van der Waals surface area contributed by atoms with E-state index in [1.807, 2.05) is 18.2 Å². The minimum Gasteiger partial charge on any atom is -0.317 e. The Morgan fingerprint density at radius 1 is 1.07 bits per heavy atom. The molecule has 2 rings (SSSR count). The van der Waals surface area contributed by atoms with Gasteiger partial charge in [0.1, 0.15) is 0 Å². The van der Waals surface area contributed by atoms with Gasteiger partial charge in [0.05, 0.1) is 0 Å². The van der Waals surface area contributed by atoms with Gasteiger partial charge in [0.25, 0.3) is 0 Å². The first-order valence-corrected chi connectivity index (χ1v) is 5.22. The van der Waals surface area contributed by atoms with E-state index in [1.54, 1.807) is 0 Å². The first-order chi connectivity index (χ1) is 6.95.